The highest BCUT2D eigenvalue weighted by Gasteiger charge is 2.14. The van der Waals surface area contributed by atoms with Crippen molar-refractivity contribution in [2.75, 3.05) is 5.73 Å². The Balaban J connectivity index is 2.56. The van der Waals surface area contributed by atoms with Crippen LogP contribution in [-0.2, 0) is 0 Å². The molecule has 1 aromatic heterocycles. The highest BCUT2D eigenvalue weighted by molar-refractivity contribution is 5.74. The molecule has 1 aromatic carbocycles. The molecule has 19 heavy (non-hydrogen) atoms. The fraction of sp³-hybridized carbons (Fsp3) is 0.250. The average molecular weight is 252 g/mol. The predicted octanol–water partition coefficient (Wildman–Crippen LogP) is 3.05. The van der Waals surface area contributed by atoms with Crippen LogP contribution in [0.1, 0.15) is 36.6 Å². The molecular formula is C16H18N3+. The quantitative estimate of drug-likeness (QED) is 0.892. The second-order valence-corrected chi connectivity index (χ2v) is 5.04. The smallest absolute Gasteiger partial charge is 0.286 e. The van der Waals surface area contributed by atoms with E-state index in [4.69, 9.17) is 5.73 Å². The summed E-state index contributed by atoms with van der Waals surface area (Å²) in [5.41, 5.74) is 10.5. The average Bonchev–Trinajstić information content (AvgIpc) is 2.38. The zero-order valence-electron chi connectivity index (χ0n) is 11.5. The molecule has 96 valence electrons. The Morgan fingerprint density at radius 1 is 1.21 bits per heavy atom. The van der Waals surface area contributed by atoms with Crippen LogP contribution in [0.2, 0.25) is 0 Å². The summed E-state index contributed by atoms with van der Waals surface area (Å²) >= 11 is 0. The number of benzene rings is 1. The van der Waals surface area contributed by atoms with E-state index in [0.717, 1.165) is 16.8 Å². The van der Waals surface area contributed by atoms with Gasteiger partial charge in [0.25, 0.3) is 5.82 Å². The summed E-state index contributed by atoms with van der Waals surface area (Å²) in [4.78, 5) is 2.98. The van der Waals surface area contributed by atoms with Crippen molar-refractivity contribution < 1.29 is 4.98 Å². The largest absolute Gasteiger partial charge is 0.289 e. The van der Waals surface area contributed by atoms with Gasteiger partial charge in [-0.05, 0) is 30.0 Å². The number of aromatic amines is 1. The number of rotatable bonds is 2. The van der Waals surface area contributed by atoms with Crippen molar-refractivity contribution in [1.29, 1.82) is 5.26 Å². The van der Waals surface area contributed by atoms with Crippen molar-refractivity contribution in [1.82, 2.24) is 0 Å². The zero-order valence-corrected chi connectivity index (χ0v) is 11.5. The highest BCUT2D eigenvalue weighted by Crippen LogP contribution is 2.27. The van der Waals surface area contributed by atoms with Crippen LogP contribution in [0, 0.1) is 18.3 Å². The summed E-state index contributed by atoms with van der Waals surface area (Å²) < 4.78 is 0. The van der Waals surface area contributed by atoms with Crippen LogP contribution in [0.15, 0.2) is 30.3 Å². The van der Waals surface area contributed by atoms with Crippen molar-refractivity contribution in [3.05, 3.63) is 47.2 Å². The van der Waals surface area contributed by atoms with Crippen molar-refractivity contribution >= 4 is 5.82 Å². The molecule has 0 bridgehead atoms. The highest BCUT2D eigenvalue weighted by atomic mass is 14.8. The summed E-state index contributed by atoms with van der Waals surface area (Å²) in [7, 11) is 0. The number of nitriles is 1. The van der Waals surface area contributed by atoms with Gasteiger partial charge in [0.15, 0.2) is 0 Å². The summed E-state index contributed by atoms with van der Waals surface area (Å²) in [6.45, 7) is 6.26. The van der Waals surface area contributed by atoms with Gasteiger partial charge in [0, 0.05) is 5.56 Å². The molecular weight excluding hydrogens is 234 g/mol. The lowest BCUT2D eigenvalue weighted by Gasteiger charge is -2.08. The SMILES string of the molecule is Cc1cc(-c2ccc(C(C)C)cc2)c(C#N)c(N)[nH+]1. The van der Waals surface area contributed by atoms with Gasteiger partial charge >= 0.3 is 0 Å². The van der Waals surface area contributed by atoms with Crippen molar-refractivity contribution in [3.63, 3.8) is 0 Å². The van der Waals surface area contributed by atoms with E-state index in [1.807, 2.05) is 25.1 Å². The van der Waals surface area contributed by atoms with Crippen molar-refractivity contribution in [2.45, 2.75) is 26.7 Å². The molecule has 0 amide bonds. The van der Waals surface area contributed by atoms with Gasteiger partial charge in [0.2, 0.25) is 0 Å². The lowest BCUT2D eigenvalue weighted by Crippen LogP contribution is -2.16. The van der Waals surface area contributed by atoms with Gasteiger partial charge in [0.1, 0.15) is 11.6 Å². The standard InChI is InChI=1S/C16H17N3/c1-10(2)12-4-6-13(7-5-12)14-8-11(3)19-16(18)15(14)9-17/h4-8,10H,1-3H3,(H2,18,19)/p+1. The molecule has 3 N–H and O–H groups in total. The molecule has 0 atom stereocenters. The Bertz CT molecular complexity index is 634. The first-order chi connectivity index (χ1) is 9.02. The molecule has 0 fully saturated rings. The van der Waals surface area contributed by atoms with Crippen molar-refractivity contribution in [2.24, 2.45) is 0 Å². The third-order valence-corrected chi connectivity index (χ3v) is 3.23. The maximum Gasteiger partial charge on any atom is 0.289 e. The van der Waals surface area contributed by atoms with Gasteiger partial charge in [0.05, 0.1) is 5.69 Å². The maximum atomic E-state index is 9.24. The number of hydrogen-bond acceptors (Lipinski definition) is 2. The Morgan fingerprint density at radius 2 is 1.84 bits per heavy atom. The molecule has 2 rings (SSSR count). The third kappa shape index (κ3) is 2.58. The van der Waals surface area contributed by atoms with E-state index >= 15 is 0 Å². The number of anilines is 1. The Labute approximate surface area is 113 Å². The molecule has 0 unspecified atom stereocenters. The molecule has 0 spiro atoms. The number of aromatic nitrogens is 1. The molecule has 3 nitrogen and oxygen atoms in total. The summed E-state index contributed by atoms with van der Waals surface area (Å²) in [5, 5.41) is 9.24. The number of hydrogen-bond donors (Lipinski definition) is 1. The van der Waals surface area contributed by atoms with E-state index < -0.39 is 0 Å². The third-order valence-electron chi connectivity index (χ3n) is 3.23. The van der Waals surface area contributed by atoms with Gasteiger partial charge in [-0.2, -0.15) is 5.26 Å². The van der Waals surface area contributed by atoms with Crippen LogP contribution in [0.3, 0.4) is 0 Å². The Morgan fingerprint density at radius 3 is 2.37 bits per heavy atom. The first-order valence-corrected chi connectivity index (χ1v) is 6.35. The Hall–Kier alpha value is -2.34. The summed E-state index contributed by atoms with van der Waals surface area (Å²) in [6.07, 6.45) is 0. The normalized spacial score (nSPS) is 10.5. The number of aryl methyl sites for hydroxylation is 1. The number of nitrogens with zero attached hydrogens (tertiary/aromatic N) is 1. The van der Waals surface area contributed by atoms with E-state index in [-0.39, 0.29) is 0 Å². The van der Waals surface area contributed by atoms with Gasteiger partial charge in [-0.3, -0.25) is 5.73 Å². The number of nitrogens with one attached hydrogen (secondary N) is 1. The summed E-state index contributed by atoms with van der Waals surface area (Å²) in [6, 6.07) is 12.4. The Kier molecular flexibility index (Phi) is 3.52. The van der Waals surface area contributed by atoms with E-state index in [0.29, 0.717) is 17.3 Å². The molecule has 0 saturated heterocycles. The minimum atomic E-state index is 0.422. The molecule has 0 aliphatic carbocycles. The first-order valence-electron chi connectivity index (χ1n) is 6.35. The zero-order chi connectivity index (χ0) is 14.0. The molecule has 0 aliphatic rings. The van der Waals surface area contributed by atoms with Crippen LogP contribution >= 0.6 is 0 Å². The van der Waals surface area contributed by atoms with E-state index in [1.165, 1.54) is 5.56 Å². The van der Waals surface area contributed by atoms with Gasteiger partial charge in [-0.15, -0.1) is 0 Å². The van der Waals surface area contributed by atoms with Crippen LogP contribution in [-0.4, -0.2) is 0 Å². The minimum Gasteiger partial charge on any atom is -0.286 e. The van der Waals surface area contributed by atoms with Gasteiger partial charge in [-0.1, -0.05) is 38.1 Å². The minimum absolute atomic E-state index is 0.422. The number of pyridine rings is 1. The fourth-order valence-electron chi connectivity index (χ4n) is 2.14. The van der Waals surface area contributed by atoms with Gasteiger partial charge < -0.3 is 0 Å². The van der Waals surface area contributed by atoms with Crippen LogP contribution in [0.4, 0.5) is 5.82 Å². The lowest BCUT2D eigenvalue weighted by atomic mass is 9.96. The van der Waals surface area contributed by atoms with Crippen molar-refractivity contribution in [3.8, 4) is 17.2 Å². The predicted molar refractivity (Wildman–Crippen MR) is 76.4 cm³/mol. The molecule has 0 saturated carbocycles. The van der Waals surface area contributed by atoms with Crippen LogP contribution in [0.5, 0.6) is 0 Å². The summed E-state index contributed by atoms with van der Waals surface area (Å²) in [5.74, 6) is 0.922. The molecule has 1 heterocycles. The van der Waals surface area contributed by atoms with Crippen LogP contribution in [0.25, 0.3) is 11.1 Å². The first kappa shape index (κ1) is 13.1. The van der Waals surface area contributed by atoms with Gasteiger partial charge in [-0.25, -0.2) is 4.98 Å². The lowest BCUT2D eigenvalue weighted by molar-refractivity contribution is -0.370. The number of H-pyrrole nitrogens is 1. The van der Waals surface area contributed by atoms with E-state index in [1.54, 1.807) is 0 Å². The molecule has 2 aromatic rings. The molecule has 3 heteroatoms. The fourth-order valence-corrected chi connectivity index (χ4v) is 2.14. The molecule has 0 aliphatic heterocycles. The number of nitrogen functional groups attached to an aromatic ring is 1. The van der Waals surface area contributed by atoms with E-state index in [2.05, 4.69) is 37.0 Å². The number of nitrogens with two attached hydrogens (primary N) is 1. The molecule has 0 radical (unpaired) electrons. The van der Waals surface area contributed by atoms with Crippen LogP contribution < -0.4 is 10.7 Å². The second-order valence-electron chi connectivity index (χ2n) is 5.04. The maximum absolute atomic E-state index is 9.24. The second kappa shape index (κ2) is 5.11. The van der Waals surface area contributed by atoms with E-state index in [9.17, 15) is 5.26 Å². The topological polar surface area (TPSA) is 64.0 Å². The monoisotopic (exact) mass is 252 g/mol.